The molecule has 388 valence electrons. The van der Waals surface area contributed by atoms with E-state index >= 15 is 0 Å². The van der Waals surface area contributed by atoms with Gasteiger partial charge in [-0.15, -0.1) is 20.5 Å². The van der Waals surface area contributed by atoms with Gasteiger partial charge in [0, 0.05) is 23.8 Å². The number of phenols is 1. The van der Waals surface area contributed by atoms with Gasteiger partial charge in [0.2, 0.25) is 6.04 Å². The largest absolute Gasteiger partial charge is 0.505 e. The molecule has 0 aliphatic carbocycles. The topological polar surface area (TPSA) is 424 Å². The molecule has 8 N–H and O–H groups in total. The molecule has 0 bridgehead atoms. The number of ether oxygens (including phenoxy) is 3. The molecule has 2 heterocycles. The monoisotopic (exact) mass is 1090 g/mol. The number of carbonyl (C=O) groups excluding carboxylic acids is 1. The second-order valence-electron chi connectivity index (χ2n) is 15.4. The second kappa shape index (κ2) is 21.0. The van der Waals surface area contributed by atoms with Crippen molar-refractivity contribution in [2.45, 2.75) is 20.7 Å². The molecular weight excluding hydrogens is 1050 g/mol. The number of carboxylic acids is 1. The second-order valence-corrected chi connectivity index (χ2v) is 19.6. The summed E-state index contributed by atoms with van der Waals surface area (Å²) < 4.78 is 119. The third kappa shape index (κ3) is 11.3. The number of aromatic hydroxyl groups is 1. The van der Waals surface area contributed by atoms with E-state index in [1.165, 1.54) is 61.7 Å². The van der Waals surface area contributed by atoms with Crippen molar-refractivity contribution >= 4 is 104 Å². The summed E-state index contributed by atoms with van der Waals surface area (Å²) >= 11 is 0. The standard InChI is InChI=1S/C44H36N10O18S3/c1-70-26-9-13-28(34(19-26)74(64,65)66)48-49-30-20-33(72-17-15-56)31(21-32(30)71-16-14-55)50-51-38-35(75(67,68)69)18-23-4-12-29-37(36(23)41(38)57)46-42(45-29)22-2-5-24(6-3-22)47-52-39-40(44(59)60)53-54(43(39)58)25-7-10-27(11-8-25)73(61,62)63/h2-13,18-21,39,55-57H,14-17H2,1H3,(H,45,46)(H,59,60)(H,61,62,63)(H,64,65,66)(H,67,68,69)/b49-48+,51-50+,52-47+. The number of hydrazone groups is 1. The highest BCUT2D eigenvalue weighted by Crippen LogP contribution is 2.46. The third-order valence-corrected chi connectivity index (χ3v) is 13.2. The van der Waals surface area contributed by atoms with Crippen LogP contribution in [0.4, 0.5) is 34.1 Å². The molecule has 1 aliphatic rings. The normalized spacial score (nSPS) is 14.5. The van der Waals surface area contributed by atoms with Crippen molar-refractivity contribution in [2.24, 2.45) is 35.8 Å². The van der Waals surface area contributed by atoms with E-state index in [1.54, 1.807) is 0 Å². The van der Waals surface area contributed by atoms with Gasteiger partial charge in [0.15, 0.2) is 11.5 Å². The zero-order valence-electron chi connectivity index (χ0n) is 38.0. The molecule has 0 radical (unpaired) electrons. The number of benzene rings is 6. The van der Waals surface area contributed by atoms with E-state index in [2.05, 4.69) is 45.8 Å². The van der Waals surface area contributed by atoms with Gasteiger partial charge in [-0.25, -0.2) is 9.78 Å². The fraction of sp³-hybridized carbons (Fsp3) is 0.136. The molecule has 0 saturated carbocycles. The maximum Gasteiger partial charge on any atom is 0.355 e. The van der Waals surface area contributed by atoms with Crippen molar-refractivity contribution in [1.82, 2.24) is 9.97 Å². The first-order valence-electron chi connectivity index (χ1n) is 21.1. The molecule has 6 aromatic carbocycles. The van der Waals surface area contributed by atoms with E-state index in [4.69, 9.17) is 14.2 Å². The van der Waals surface area contributed by atoms with E-state index in [-0.39, 0.29) is 81.0 Å². The highest BCUT2D eigenvalue weighted by molar-refractivity contribution is 7.86. The fourth-order valence-corrected chi connectivity index (χ4v) is 8.93. The van der Waals surface area contributed by atoms with Crippen molar-refractivity contribution in [3.63, 3.8) is 0 Å². The first-order valence-corrected chi connectivity index (χ1v) is 25.5. The predicted molar refractivity (Wildman–Crippen MR) is 260 cm³/mol. The van der Waals surface area contributed by atoms with Crippen LogP contribution in [0.1, 0.15) is 0 Å². The summed E-state index contributed by atoms with van der Waals surface area (Å²) in [5.74, 6) is -3.40. The minimum atomic E-state index is -5.15. The Balaban J connectivity index is 1.12. The molecule has 0 fully saturated rings. The molecule has 7 aromatic rings. The van der Waals surface area contributed by atoms with Crippen LogP contribution in [0.2, 0.25) is 0 Å². The summed E-state index contributed by atoms with van der Waals surface area (Å²) in [5, 5.41) is 69.4. The Labute approximate surface area is 421 Å². The summed E-state index contributed by atoms with van der Waals surface area (Å²) in [6, 6.07) is 18.4. The Morgan fingerprint density at radius 2 is 1.33 bits per heavy atom. The highest BCUT2D eigenvalue weighted by Gasteiger charge is 2.41. The summed E-state index contributed by atoms with van der Waals surface area (Å²) in [6.45, 7) is -1.71. The molecule has 0 saturated heterocycles. The van der Waals surface area contributed by atoms with Crippen LogP contribution in [0.3, 0.4) is 0 Å². The van der Waals surface area contributed by atoms with Crippen molar-refractivity contribution in [2.75, 3.05) is 38.5 Å². The molecule has 1 aromatic heterocycles. The number of anilines is 1. The van der Waals surface area contributed by atoms with Gasteiger partial charge in [0.25, 0.3) is 36.3 Å². The van der Waals surface area contributed by atoms with Gasteiger partial charge in [-0.05, 0) is 78.2 Å². The number of amides is 1. The summed E-state index contributed by atoms with van der Waals surface area (Å²) in [6.07, 6.45) is 0. The number of aromatic amines is 1. The molecule has 1 atom stereocenters. The van der Waals surface area contributed by atoms with Crippen molar-refractivity contribution in [1.29, 1.82) is 0 Å². The van der Waals surface area contributed by atoms with Crippen LogP contribution in [0.25, 0.3) is 33.2 Å². The van der Waals surface area contributed by atoms with E-state index in [0.717, 1.165) is 42.5 Å². The van der Waals surface area contributed by atoms with Gasteiger partial charge >= 0.3 is 5.97 Å². The number of phenolic OH excluding ortho intramolecular Hbond substituents is 1. The van der Waals surface area contributed by atoms with Crippen molar-refractivity contribution in [3.05, 3.63) is 97.1 Å². The number of hydrogen-bond donors (Lipinski definition) is 8. The number of aromatic nitrogens is 2. The zero-order valence-corrected chi connectivity index (χ0v) is 40.5. The number of H-pyrrole nitrogens is 1. The number of aliphatic hydroxyl groups is 2. The number of methoxy groups -OCH3 is 1. The van der Waals surface area contributed by atoms with Gasteiger partial charge in [-0.2, -0.15) is 45.6 Å². The Morgan fingerprint density at radius 1 is 0.720 bits per heavy atom. The number of hydrogen-bond acceptors (Lipinski definition) is 22. The third-order valence-electron chi connectivity index (χ3n) is 10.6. The average molecular weight is 1090 g/mol. The van der Waals surface area contributed by atoms with Gasteiger partial charge in [-0.1, -0.05) is 6.07 Å². The predicted octanol–water partition coefficient (Wildman–Crippen LogP) is 6.35. The number of nitrogens with one attached hydrogen (secondary N) is 1. The smallest absolute Gasteiger partial charge is 0.355 e. The van der Waals surface area contributed by atoms with E-state index in [1.807, 2.05) is 0 Å². The van der Waals surface area contributed by atoms with Crippen molar-refractivity contribution in [3.8, 4) is 34.4 Å². The number of rotatable bonds is 19. The molecule has 28 nitrogen and oxygen atoms in total. The number of carbonyl (C=O) groups is 2. The lowest BCUT2D eigenvalue weighted by molar-refractivity contribution is -0.130. The first-order chi connectivity index (χ1) is 35.6. The molecule has 75 heavy (non-hydrogen) atoms. The quantitative estimate of drug-likeness (QED) is 0.0323. The van der Waals surface area contributed by atoms with Crippen LogP contribution in [0.5, 0.6) is 23.0 Å². The van der Waals surface area contributed by atoms with E-state index in [9.17, 15) is 68.9 Å². The van der Waals surface area contributed by atoms with Crippen LogP contribution < -0.4 is 19.2 Å². The maximum absolute atomic E-state index is 13.3. The minimum absolute atomic E-state index is 0.0163. The maximum atomic E-state index is 13.3. The molecule has 1 aliphatic heterocycles. The van der Waals surface area contributed by atoms with Crippen LogP contribution in [-0.2, 0) is 39.9 Å². The van der Waals surface area contributed by atoms with Crippen LogP contribution in [0.15, 0.2) is 148 Å². The molecule has 0 spiro atoms. The minimum Gasteiger partial charge on any atom is -0.505 e. The van der Waals surface area contributed by atoms with E-state index in [0.29, 0.717) is 16.1 Å². The Kier molecular flexibility index (Phi) is 14.8. The Morgan fingerprint density at radius 3 is 1.91 bits per heavy atom. The number of aliphatic hydroxyl groups excluding tert-OH is 2. The van der Waals surface area contributed by atoms with Crippen LogP contribution >= 0.6 is 0 Å². The molecular formula is C44H36N10O18S3. The van der Waals surface area contributed by atoms with Gasteiger partial charge < -0.3 is 39.6 Å². The molecule has 1 amide bonds. The summed E-state index contributed by atoms with van der Waals surface area (Å²) in [4.78, 5) is 31.0. The Bertz CT molecular complexity index is 3910. The number of azo groups is 3. The summed E-state index contributed by atoms with van der Waals surface area (Å²) in [7, 11) is -13.3. The highest BCUT2D eigenvalue weighted by atomic mass is 32.2. The Hall–Kier alpha value is -8.69. The first kappa shape index (κ1) is 52.6. The lowest BCUT2D eigenvalue weighted by Gasteiger charge is -2.13. The van der Waals surface area contributed by atoms with Crippen LogP contribution in [0, 0.1) is 0 Å². The number of fused-ring (bicyclic) bond motifs is 3. The average Bonchev–Trinajstić information content (AvgIpc) is 3.97. The molecule has 1 unspecified atom stereocenters. The zero-order chi connectivity index (χ0) is 54.0. The lowest BCUT2D eigenvalue weighted by atomic mass is 10.1. The SMILES string of the molecule is COc1ccc(/N=N/c2cc(OCCO)c(/N=N/c3c(S(=O)(=O)O)cc4ccc5[nH]c(-c6ccc(/N=N/C7C(=O)N(c8ccc(S(=O)(=O)O)cc8)N=C7C(=O)O)cc6)nc5c4c3O)cc2OCCO)c(S(=O)(=O)O)c1. The van der Waals surface area contributed by atoms with E-state index < -0.39 is 93.3 Å². The van der Waals surface area contributed by atoms with Crippen LogP contribution in [-0.4, -0.2) is 126 Å². The molecule has 8 rings (SSSR count). The number of nitrogens with zero attached hydrogens (tertiary/aromatic N) is 9. The van der Waals surface area contributed by atoms with Gasteiger partial charge in [-0.3, -0.25) is 18.5 Å². The van der Waals surface area contributed by atoms with Gasteiger partial charge in [0.05, 0.1) is 47.5 Å². The number of aliphatic carboxylic acids is 1. The fourth-order valence-electron chi connectivity index (χ4n) is 7.16. The summed E-state index contributed by atoms with van der Waals surface area (Å²) in [5.41, 5.74) is -1.21. The number of carboxylic acid groups (broad SMARTS) is 1. The van der Waals surface area contributed by atoms with Gasteiger partial charge in [0.1, 0.15) is 74.3 Å². The molecule has 31 heteroatoms. The number of imidazole rings is 1. The van der Waals surface area contributed by atoms with Crippen molar-refractivity contribution < 1.29 is 83.1 Å². The lowest BCUT2D eigenvalue weighted by Crippen LogP contribution is -2.33.